The molecule has 0 aliphatic carbocycles. The first-order valence-corrected chi connectivity index (χ1v) is 15.3. The second kappa shape index (κ2) is 13.7. The van der Waals surface area contributed by atoms with Crippen LogP contribution in [0.3, 0.4) is 0 Å². The lowest BCUT2D eigenvalue weighted by molar-refractivity contribution is 0.0168. The summed E-state index contributed by atoms with van der Waals surface area (Å²) >= 11 is 0. The highest BCUT2D eigenvalue weighted by molar-refractivity contribution is 7.85. The van der Waals surface area contributed by atoms with E-state index in [-0.39, 0.29) is 24.0 Å². The van der Waals surface area contributed by atoms with Gasteiger partial charge in [0.15, 0.2) is 5.65 Å². The summed E-state index contributed by atoms with van der Waals surface area (Å²) in [5.41, 5.74) is 9.59. The predicted molar refractivity (Wildman–Crippen MR) is 168 cm³/mol. The number of rotatable bonds is 8. The van der Waals surface area contributed by atoms with Crippen LogP contribution in [0.2, 0.25) is 0 Å². The maximum atomic E-state index is 12.3. The average Bonchev–Trinajstić information content (AvgIpc) is 3.42. The van der Waals surface area contributed by atoms with Crippen LogP contribution in [0.4, 0.5) is 0 Å². The molecule has 0 aliphatic heterocycles. The number of nitrogens with one attached hydrogen (secondary N) is 1. The number of nitrogens with zero attached hydrogens (tertiary/aromatic N) is 5. The maximum absolute atomic E-state index is 12.3. The number of benzene rings is 3. The van der Waals surface area contributed by atoms with Crippen molar-refractivity contribution in [3.63, 3.8) is 0 Å². The third-order valence-corrected chi connectivity index (χ3v) is 7.67. The fraction of sp³-hybridized carbons (Fsp3) is 0.156. The number of hydrogen-bond donors (Lipinski definition) is 3. The zero-order valence-corrected chi connectivity index (χ0v) is 25.3. The van der Waals surface area contributed by atoms with Crippen molar-refractivity contribution in [2.24, 2.45) is 0 Å². The zero-order chi connectivity index (χ0) is 32.0. The summed E-state index contributed by atoms with van der Waals surface area (Å²) in [6.45, 7) is 4.08. The Morgan fingerprint density at radius 1 is 0.956 bits per heavy atom. The van der Waals surface area contributed by atoms with Crippen LogP contribution in [-0.4, -0.2) is 62.2 Å². The van der Waals surface area contributed by atoms with E-state index in [0.29, 0.717) is 23.3 Å². The molecule has 0 fully saturated rings. The maximum Gasteiger partial charge on any atom is 0.294 e. The molecule has 0 spiro atoms. The first-order chi connectivity index (χ1) is 21.6. The largest absolute Gasteiger partial charge is 0.394 e. The van der Waals surface area contributed by atoms with Crippen molar-refractivity contribution in [3.8, 4) is 11.3 Å². The van der Waals surface area contributed by atoms with Crippen molar-refractivity contribution in [2.45, 2.75) is 25.3 Å². The first kappa shape index (κ1) is 31.3. The molecule has 0 saturated heterocycles. The molecule has 1 amide bonds. The highest BCUT2D eigenvalue weighted by Crippen LogP contribution is 2.24. The van der Waals surface area contributed by atoms with E-state index in [2.05, 4.69) is 26.8 Å². The molecule has 0 saturated carbocycles. The van der Waals surface area contributed by atoms with Crippen LogP contribution in [0.5, 0.6) is 0 Å². The number of aliphatic hydroxyl groups excluding tert-OH is 1. The van der Waals surface area contributed by atoms with Gasteiger partial charge < -0.3 is 5.11 Å². The summed E-state index contributed by atoms with van der Waals surface area (Å²) in [4.78, 5) is 26.3. The molecular weight excluding hydrogens is 596 g/mol. The predicted octanol–water partition coefficient (Wildman–Crippen LogP) is 4.29. The lowest BCUT2D eigenvalue weighted by Crippen LogP contribution is -2.25. The van der Waals surface area contributed by atoms with Crippen LogP contribution in [-0.2, 0) is 21.5 Å². The van der Waals surface area contributed by atoms with Gasteiger partial charge in [0.1, 0.15) is 5.52 Å². The summed E-state index contributed by atoms with van der Waals surface area (Å²) in [7, 11) is -4.02. The Bertz CT molecular complexity index is 2080. The van der Waals surface area contributed by atoms with Gasteiger partial charge in [-0.3, -0.25) is 19.2 Å². The SMILES string of the molecule is Cc1cc(-c2ccc3nnn(Cc4ccc5ncccc5c4)c3n2)ccc1C(=O)NOCCO.Cc1ccc(S(=O)(=O)O)cc1. The summed E-state index contributed by atoms with van der Waals surface area (Å²) in [6, 6.07) is 25.3. The van der Waals surface area contributed by atoms with E-state index in [9.17, 15) is 13.2 Å². The van der Waals surface area contributed by atoms with E-state index >= 15 is 0 Å². The van der Waals surface area contributed by atoms with Crippen molar-refractivity contribution in [1.82, 2.24) is 30.4 Å². The minimum atomic E-state index is -4.02. The van der Waals surface area contributed by atoms with Gasteiger partial charge in [-0.2, -0.15) is 8.42 Å². The number of hydrogen-bond acceptors (Lipinski definition) is 9. The van der Waals surface area contributed by atoms with Gasteiger partial charge in [0.2, 0.25) is 0 Å². The number of aryl methyl sites for hydroxylation is 2. The monoisotopic (exact) mass is 626 g/mol. The van der Waals surface area contributed by atoms with Gasteiger partial charge >= 0.3 is 0 Å². The van der Waals surface area contributed by atoms with Crippen molar-refractivity contribution in [2.75, 3.05) is 13.2 Å². The molecule has 6 aromatic rings. The summed E-state index contributed by atoms with van der Waals surface area (Å²) in [6.07, 6.45) is 1.78. The molecule has 3 aromatic carbocycles. The van der Waals surface area contributed by atoms with Crippen molar-refractivity contribution >= 4 is 38.1 Å². The van der Waals surface area contributed by atoms with Crippen molar-refractivity contribution in [1.29, 1.82) is 0 Å². The van der Waals surface area contributed by atoms with Crippen LogP contribution in [0.15, 0.2) is 96.0 Å². The highest BCUT2D eigenvalue weighted by Gasteiger charge is 2.13. The molecule has 13 heteroatoms. The zero-order valence-electron chi connectivity index (χ0n) is 24.5. The molecule has 12 nitrogen and oxygen atoms in total. The van der Waals surface area contributed by atoms with E-state index in [1.165, 1.54) is 12.1 Å². The number of pyridine rings is 2. The van der Waals surface area contributed by atoms with Gasteiger partial charge in [0.25, 0.3) is 16.0 Å². The molecular formula is C32H30N6O6S. The first-order valence-electron chi connectivity index (χ1n) is 13.8. The van der Waals surface area contributed by atoms with Crippen LogP contribution in [0, 0.1) is 13.8 Å². The van der Waals surface area contributed by atoms with E-state index in [1.807, 2.05) is 62.4 Å². The van der Waals surface area contributed by atoms with Crippen LogP contribution in [0.1, 0.15) is 27.0 Å². The summed E-state index contributed by atoms with van der Waals surface area (Å²) in [5, 5.41) is 18.4. The molecule has 0 bridgehead atoms. The van der Waals surface area contributed by atoms with Gasteiger partial charge in [-0.15, -0.1) is 5.10 Å². The highest BCUT2D eigenvalue weighted by atomic mass is 32.2. The summed E-state index contributed by atoms with van der Waals surface area (Å²) in [5.74, 6) is -0.367. The Morgan fingerprint density at radius 2 is 1.73 bits per heavy atom. The number of aromatic nitrogens is 5. The molecule has 6 rings (SSSR count). The molecule has 0 radical (unpaired) electrons. The quantitative estimate of drug-likeness (QED) is 0.126. The van der Waals surface area contributed by atoms with E-state index in [0.717, 1.165) is 38.9 Å². The molecule has 230 valence electrons. The number of aliphatic hydroxyl groups is 1. The van der Waals surface area contributed by atoms with Gasteiger partial charge in [-0.05, 0) is 79.6 Å². The molecule has 3 heterocycles. The molecule has 45 heavy (non-hydrogen) atoms. The Labute approximate surface area is 259 Å². The molecule has 3 aromatic heterocycles. The molecule has 0 atom stereocenters. The Kier molecular flexibility index (Phi) is 9.54. The van der Waals surface area contributed by atoms with Crippen LogP contribution in [0.25, 0.3) is 33.3 Å². The number of hydroxylamine groups is 1. The van der Waals surface area contributed by atoms with Crippen LogP contribution >= 0.6 is 0 Å². The third-order valence-electron chi connectivity index (χ3n) is 6.80. The normalized spacial score (nSPS) is 11.3. The molecule has 0 aliphatic rings. The van der Waals surface area contributed by atoms with Gasteiger partial charge in [0, 0.05) is 22.7 Å². The number of fused-ring (bicyclic) bond motifs is 2. The number of carbonyl (C=O) groups is 1. The Balaban J connectivity index is 0.000000309. The Morgan fingerprint density at radius 3 is 2.47 bits per heavy atom. The van der Waals surface area contributed by atoms with Crippen molar-refractivity contribution in [3.05, 3.63) is 113 Å². The number of amides is 1. The average molecular weight is 627 g/mol. The number of carbonyl (C=O) groups excluding carboxylic acids is 1. The van der Waals surface area contributed by atoms with Gasteiger partial charge in [0.05, 0.1) is 35.9 Å². The van der Waals surface area contributed by atoms with Crippen molar-refractivity contribution < 1.29 is 27.7 Å². The summed E-state index contributed by atoms with van der Waals surface area (Å²) < 4.78 is 31.3. The Hall–Kier alpha value is -5.08. The smallest absolute Gasteiger partial charge is 0.294 e. The third kappa shape index (κ3) is 7.72. The fourth-order valence-corrected chi connectivity index (χ4v) is 5.00. The van der Waals surface area contributed by atoms with E-state index < -0.39 is 10.1 Å². The standard InChI is InChI=1S/C25H22N6O3.C7H8O3S/c1-16-13-19(5-6-20(16)25(33)29-34-12-11-32)22-8-9-23-24(27-22)31(30-28-23)15-17-4-7-21-18(14-17)3-2-10-26-21;1-6-2-4-7(5-3-6)11(8,9)10/h2-10,13-14,32H,11-12,15H2,1H3,(H,29,33);2-5H,1H3,(H,8,9,10). The van der Waals surface area contributed by atoms with Crippen LogP contribution < -0.4 is 5.48 Å². The minimum absolute atomic E-state index is 0.0324. The van der Waals surface area contributed by atoms with Gasteiger partial charge in [-0.25, -0.2) is 15.1 Å². The fourth-order valence-electron chi connectivity index (χ4n) is 4.52. The second-order valence-corrected chi connectivity index (χ2v) is 11.6. The topological polar surface area (TPSA) is 169 Å². The second-order valence-electron chi connectivity index (χ2n) is 10.1. The van der Waals surface area contributed by atoms with E-state index in [4.69, 9.17) is 19.5 Å². The molecule has 0 unspecified atom stereocenters. The lowest BCUT2D eigenvalue weighted by Gasteiger charge is -2.09. The minimum Gasteiger partial charge on any atom is -0.394 e. The molecule has 3 N–H and O–H groups in total. The van der Waals surface area contributed by atoms with Gasteiger partial charge in [-0.1, -0.05) is 41.1 Å². The lowest BCUT2D eigenvalue weighted by atomic mass is 10.0. The van der Waals surface area contributed by atoms with E-state index in [1.54, 1.807) is 29.1 Å².